The van der Waals surface area contributed by atoms with Crippen LogP contribution in [0.3, 0.4) is 0 Å². The van der Waals surface area contributed by atoms with Crippen LogP contribution in [0.25, 0.3) is 0 Å². The van der Waals surface area contributed by atoms with E-state index in [2.05, 4.69) is 31.2 Å². The predicted molar refractivity (Wildman–Crippen MR) is 191 cm³/mol. The van der Waals surface area contributed by atoms with Crippen molar-refractivity contribution in [3.05, 3.63) is 106 Å². The molecule has 5 atom stereocenters. The molecule has 54 heavy (non-hydrogen) atoms. The summed E-state index contributed by atoms with van der Waals surface area (Å²) >= 11 is 0. The van der Waals surface area contributed by atoms with Crippen LogP contribution in [0, 0.1) is 5.92 Å². The smallest absolute Gasteiger partial charge is 0.276 e. The minimum Gasteiger partial charge on any atom is -0.446 e. The second-order valence-electron chi connectivity index (χ2n) is 14.4. The number of oxazole rings is 2. The van der Waals surface area contributed by atoms with Gasteiger partial charge in [0, 0.05) is 36.6 Å². The second kappa shape index (κ2) is 15.1. The van der Waals surface area contributed by atoms with Gasteiger partial charge in [-0.05, 0) is 49.3 Å². The second-order valence-corrected chi connectivity index (χ2v) is 14.4. The minimum atomic E-state index is -1.07. The van der Waals surface area contributed by atoms with Crippen LogP contribution in [-0.4, -0.2) is 74.9 Å². The lowest BCUT2D eigenvalue weighted by molar-refractivity contribution is -0.126. The summed E-state index contributed by atoms with van der Waals surface area (Å²) < 4.78 is 11.4. The molecule has 1 fully saturated rings. The van der Waals surface area contributed by atoms with Crippen LogP contribution < -0.4 is 21.3 Å². The van der Waals surface area contributed by atoms with Crippen LogP contribution in [0.4, 0.5) is 0 Å². The van der Waals surface area contributed by atoms with Crippen molar-refractivity contribution in [3.63, 3.8) is 0 Å². The Kier molecular flexibility index (Phi) is 10.1. The number of carbonyl (C=O) groups is 6. The highest BCUT2D eigenvalue weighted by molar-refractivity contribution is 6.06. The molecule has 0 saturated carbocycles. The Morgan fingerprint density at radius 2 is 1.61 bits per heavy atom. The van der Waals surface area contributed by atoms with E-state index in [1.807, 2.05) is 44.2 Å². The van der Waals surface area contributed by atoms with E-state index in [0.29, 0.717) is 36.0 Å². The first-order valence-corrected chi connectivity index (χ1v) is 18.1. The Bertz CT molecular complexity index is 2110. The Labute approximate surface area is 310 Å². The molecule has 15 heteroatoms. The first kappa shape index (κ1) is 36.2. The zero-order valence-corrected chi connectivity index (χ0v) is 30.1. The normalized spacial score (nSPS) is 23.2. The maximum atomic E-state index is 14.3. The van der Waals surface area contributed by atoms with Crippen LogP contribution in [0.5, 0.6) is 0 Å². The molecule has 2 aromatic heterocycles. The molecule has 0 radical (unpaired) electrons. The lowest BCUT2D eigenvalue weighted by Crippen LogP contribution is -2.48. The fourth-order valence-corrected chi connectivity index (χ4v) is 7.29. The van der Waals surface area contributed by atoms with E-state index in [1.165, 1.54) is 17.4 Å². The molecule has 4 aromatic rings. The Morgan fingerprint density at radius 3 is 2.39 bits per heavy atom. The lowest BCUT2D eigenvalue weighted by Gasteiger charge is -2.25. The molecule has 4 heterocycles. The number of benzene rings is 2. The van der Waals surface area contributed by atoms with E-state index in [-0.39, 0.29) is 54.3 Å². The van der Waals surface area contributed by atoms with Crippen molar-refractivity contribution in [2.45, 2.75) is 83.1 Å². The molecule has 5 amide bonds. The predicted octanol–water partition coefficient (Wildman–Crippen LogP) is 3.24. The molecule has 0 spiro atoms. The molecular formula is C39H41N7O8. The van der Waals surface area contributed by atoms with Gasteiger partial charge in [0.2, 0.25) is 23.6 Å². The minimum absolute atomic E-state index is 0.0178. The van der Waals surface area contributed by atoms with Crippen molar-refractivity contribution in [3.8, 4) is 0 Å². The van der Waals surface area contributed by atoms with Crippen molar-refractivity contribution in [2.24, 2.45) is 5.92 Å². The summed E-state index contributed by atoms with van der Waals surface area (Å²) in [5.41, 5.74) is 2.24. The van der Waals surface area contributed by atoms with E-state index < -0.39 is 59.7 Å². The first-order chi connectivity index (χ1) is 25.9. The molecule has 4 N–H and O–H groups in total. The van der Waals surface area contributed by atoms with E-state index in [4.69, 9.17) is 8.83 Å². The summed E-state index contributed by atoms with van der Waals surface area (Å²) in [5.74, 6) is -2.58. The van der Waals surface area contributed by atoms with Gasteiger partial charge in [-0.3, -0.25) is 28.8 Å². The number of Topliss-reactive ketones (excluding diaryl/α,β-unsaturated/α-hetero) is 1. The van der Waals surface area contributed by atoms with Gasteiger partial charge < -0.3 is 35.0 Å². The maximum absolute atomic E-state index is 14.3. The summed E-state index contributed by atoms with van der Waals surface area (Å²) in [6.45, 7) is 5.44. The summed E-state index contributed by atoms with van der Waals surface area (Å²) in [6, 6.07) is 10.0. The third kappa shape index (κ3) is 7.52. The zero-order valence-electron chi connectivity index (χ0n) is 30.1. The molecule has 4 bridgehead atoms. The van der Waals surface area contributed by atoms with Crippen molar-refractivity contribution in [1.82, 2.24) is 36.1 Å². The molecule has 15 nitrogen and oxygen atoms in total. The Balaban J connectivity index is 1.22. The lowest BCUT2D eigenvalue weighted by atomic mass is 10.0. The number of rotatable bonds is 6. The van der Waals surface area contributed by atoms with E-state index >= 15 is 0 Å². The van der Waals surface area contributed by atoms with Gasteiger partial charge in [0.25, 0.3) is 17.7 Å². The van der Waals surface area contributed by atoms with Gasteiger partial charge in [-0.25, -0.2) is 9.97 Å². The summed E-state index contributed by atoms with van der Waals surface area (Å²) in [7, 11) is 0. The van der Waals surface area contributed by atoms with Crippen LogP contribution in [-0.2, 0) is 22.4 Å². The van der Waals surface area contributed by atoms with Crippen LogP contribution >= 0.6 is 0 Å². The third-order valence-electron chi connectivity index (χ3n) is 9.97. The van der Waals surface area contributed by atoms with Crippen molar-refractivity contribution in [1.29, 1.82) is 0 Å². The Morgan fingerprint density at radius 1 is 0.870 bits per heavy atom. The first-order valence-electron chi connectivity index (χ1n) is 18.1. The third-order valence-corrected chi connectivity index (χ3v) is 9.97. The van der Waals surface area contributed by atoms with Crippen molar-refractivity contribution < 1.29 is 37.6 Å². The Hall–Kier alpha value is -6.12. The maximum Gasteiger partial charge on any atom is 0.276 e. The largest absolute Gasteiger partial charge is 0.446 e. The SMILES string of the molecule is CC(C)C[C@H]1NC(=O)c2coc(n2)[C@H](Cc2ccccc2)NC(=O)[C@@H]2C[C@H](NC(=O)c3cccc4c3CCC4=O)CN2C(=O)c2coc(n2)[C@@H](C)NC1=O. The van der Waals surface area contributed by atoms with Crippen LogP contribution in [0.15, 0.2) is 69.9 Å². The summed E-state index contributed by atoms with van der Waals surface area (Å²) in [4.78, 5) is 91.5. The standard InChI is InChI=1S/C39H41N7O8/c1-20(2)14-27-34(49)40-21(3)37-45-30(19-53-37)39(52)46-17-23(41-33(48)26-11-7-10-25-24(26)12-13-32(25)47)16-31(46)36(51)43-28(15-22-8-5-4-6-9-22)38-44-29(18-54-38)35(50)42-27/h4-11,18-21,23,27-28,31H,12-17H2,1-3H3,(H,40,49)(H,41,48)(H,42,50)(H,43,51)/t21-,23+,27-,28+,31+/m1/s1. The molecule has 2 aliphatic heterocycles. The fourth-order valence-electron chi connectivity index (χ4n) is 7.29. The van der Waals surface area contributed by atoms with Crippen LogP contribution in [0.1, 0.15) is 117 Å². The number of aromatic nitrogens is 2. The molecule has 280 valence electrons. The molecular weight excluding hydrogens is 694 g/mol. The number of nitrogens with zero attached hydrogens (tertiary/aromatic N) is 3. The zero-order chi connectivity index (χ0) is 38.1. The van der Waals surface area contributed by atoms with Gasteiger partial charge in [0.15, 0.2) is 17.2 Å². The number of carbonyl (C=O) groups excluding carboxylic acids is 6. The fraction of sp³-hybridized carbons (Fsp3) is 0.385. The van der Waals surface area contributed by atoms with Crippen molar-refractivity contribution >= 4 is 35.3 Å². The van der Waals surface area contributed by atoms with Crippen LogP contribution in [0.2, 0.25) is 0 Å². The highest BCUT2D eigenvalue weighted by Gasteiger charge is 2.43. The van der Waals surface area contributed by atoms with Crippen molar-refractivity contribution in [2.75, 3.05) is 6.54 Å². The average Bonchev–Trinajstić information content (AvgIpc) is 3.97. The summed E-state index contributed by atoms with van der Waals surface area (Å²) in [5, 5.41) is 11.5. The highest BCUT2D eigenvalue weighted by atomic mass is 16.3. The van der Waals surface area contributed by atoms with Gasteiger partial charge in [0.05, 0.1) is 0 Å². The quantitative estimate of drug-likeness (QED) is 0.228. The molecule has 7 rings (SSSR count). The number of hydrogen-bond acceptors (Lipinski definition) is 10. The molecule has 0 unspecified atom stereocenters. The topological polar surface area (TPSA) is 206 Å². The molecule has 1 aliphatic carbocycles. The van der Waals surface area contributed by atoms with Gasteiger partial charge in [0.1, 0.15) is 36.7 Å². The molecule has 1 saturated heterocycles. The van der Waals surface area contributed by atoms with E-state index in [0.717, 1.165) is 5.56 Å². The number of nitrogens with one attached hydrogen (secondary N) is 4. The molecule has 2 aromatic carbocycles. The summed E-state index contributed by atoms with van der Waals surface area (Å²) in [6.07, 6.45) is 3.73. The van der Waals surface area contributed by atoms with E-state index in [1.54, 1.807) is 25.1 Å². The van der Waals surface area contributed by atoms with Gasteiger partial charge in [-0.2, -0.15) is 0 Å². The van der Waals surface area contributed by atoms with Gasteiger partial charge >= 0.3 is 0 Å². The highest BCUT2D eigenvalue weighted by Crippen LogP contribution is 2.28. The monoisotopic (exact) mass is 735 g/mol. The number of hydrogen-bond donors (Lipinski definition) is 4. The number of ketones is 1. The van der Waals surface area contributed by atoms with E-state index in [9.17, 15) is 28.8 Å². The average molecular weight is 736 g/mol. The number of fused-ring (bicyclic) bond motifs is 6. The van der Waals surface area contributed by atoms with Gasteiger partial charge in [-0.1, -0.05) is 56.3 Å². The molecule has 3 aliphatic rings. The van der Waals surface area contributed by atoms with Gasteiger partial charge in [-0.15, -0.1) is 0 Å². The number of amides is 5.